The number of aliphatic hydroxyl groups is 1. The van der Waals surface area contributed by atoms with Gasteiger partial charge < -0.3 is 5.11 Å². The van der Waals surface area contributed by atoms with E-state index < -0.39 is 6.10 Å². The maximum atomic E-state index is 10.4. The monoisotopic (exact) mass is 241 g/mol. The Morgan fingerprint density at radius 1 is 1.06 bits per heavy atom. The first kappa shape index (κ1) is 12.8. The lowest BCUT2D eigenvalue weighted by atomic mass is 9.92. The molecule has 0 fully saturated rings. The van der Waals surface area contributed by atoms with E-state index in [0.717, 1.165) is 11.3 Å². The van der Waals surface area contributed by atoms with Gasteiger partial charge in [0.15, 0.2) is 0 Å². The van der Waals surface area contributed by atoms with Crippen molar-refractivity contribution in [2.45, 2.75) is 32.8 Å². The molecule has 2 aromatic rings. The van der Waals surface area contributed by atoms with E-state index >= 15 is 0 Å². The minimum Gasteiger partial charge on any atom is -0.388 e. The van der Waals surface area contributed by atoms with Gasteiger partial charge in [0, 0.05) is 17.8 Å². The minimum atomic E-state index is -0.515. The molecule has 0 radical (unpaired) electrons. The van der Waals surface area contributed by atoms with E-state index in [1.807, 2.05) is 31.2 Å². The highest BCUT2D eigenvalue weighted by Gasteiger charge is 2.19. The number of rotatable bonds is 3. The number of hydrogen-bond donors (Lipinski definition) is 1. The van der Waals surface area contributed by atoms with Crippen LogP contribution in [0.2, 0.25) is 0 Å². The molecular formula is C16H19NO. The standard InChI is InChI=1S/C16H19NO/c1-11-7-8-14(10-12(11)2)16(18)13(3)15-6-4-5-9-17-15/h4-10,13,16,18H,1-3H3. The highest BCUT2D eigenvalue weighted by atomic mass is 16.3. The number of aryl methyl sites for hydroxylation is 2. The van der Waals surface area contributed by atoms with Crippen LogP contribution in [0.4, 0.5) is 0 Å². The molecule has 0 aliphatic heterocycles. The third kappa shape index (κ3) is 2.59. The first-order valence-electron chi connectivity index (χ1n) is 6.25. The summed E-state index contributed by atoms with van der Waals surface area (Å²) in [6.45, 7) is 6.15. The van der Waals surface area contributed by atoms with Gasteiger partial charge in [0.25, 0.3) is 0 Å². The second kappa shape index (κ2) is 5.32. The Balaban J connectivity index is 2.25. The quantitative estimate of drug-likeness (QED) is 0.891. The predicted octanol–water partition coefficient (Wildman–Crippen LogP) is 3.54. The van der Waals surface area contributed by atoms with Crippen LogP contribution < -0.4 is 0 Å². The summed E-state index contributed by atoms with van der Waals surface area (Å²) in [4.78, 5) is 4.31. The minimum absolute atomic E-state index is 0.00620. The van der Waals surface area contributed by atoms with Crippen molar-refractivity contribution in [3.8, 4) is 0 Å². The van der Waals surface area contributed by atoms with Gasteiger partial charge in [0.2, 0.25) is 0 Å². The maximum absolute atomic E-state index is 10.4. The third-order valence-corrected chi connectivity index (χ3v) is 3.50. The molecular weight excluding hydrogens is 222 g/mol. The molecule has 2 nitrogen and oxygen atoms in total. The van der Waals surface area contributed by atoms with Gasteiger partial charge in [-0.15, -0.1) is 0 Å². The summed E-state index contributed by atoms with van der Waals surface area (Å²) in [7, 11) is 0. The first-order chi connectivity index (χ1) is 8.59. The summed E-state index contributed by atoms with van der Waals surface area (Å²) < 4.78 is 0. The molecule has 0 spiro atoms. The highest BCUT2D eigenvalue weighted by molar-refractivity contribution is 5.32. The lowest BCUT2D eigenvalue weighted by Gasteiger charge is -2.19. The third-order valence-electron chi connectivity index (χ3n) is 3.50. The van der Waals surface area contributed by atoms with Gasteiger partial charge in [-0.1, -0.05) is 31.2 Å². The Labute approximate surface area is 108 Å². The van der Waals surface area contributed by atoms with E-state index in [1.54, 1.807) is 6.20 Å². The summed E-state index contributed by atoms with van der Waals surface area (Å²) in [5.74, 6) is -0.00620. The summed E-state index contributed by atoms with van der Waals surface area (Å²) in [5, 5.41) is 10.4. The molecule has 0 saturated heterocycles. The largest absolute Gasteiger partial charge is 0.388 e. The van der Waals surface area contributed by atoms with E-state index in [1.165, 1.54) is 11.1 Å². The van der Waals surface area contributed by atoms with Crippen molar-refractivity contribution in [1.29, 1.82) is 0 Å². The molecule has 18 heavy (non-hydrogen) atoms. The van der Waals surface area contributed by atoms with Crippen molar-refractivity contribution in [3.63, 3.8) is 0 Å². The predicted molar refractivity (Wildman–Crippen MR) is 73.5 cm³/mol. The summed E-state index contributed by atoms with van der Waals surface area (Å²) in [5.41, 5.74) is 4.33. The Morgan fingerprint density at radius 2 is 1.83 bits per heavy atom. The van der Waals surface area contributed by atoms with Gasteiger partial charge in [0.1, 0.15) is 0 Å². The van der Waals surface area contributed by atoms with E-state index in [0.29, 0.717) is 0 Å². The molecule has 2 atom stereocenters. The number of aromatic nitrogens is 1. The molecule has 0 aliphatic carbocycles. The number of hydrogen-bond acceptors (Lipinski definition) is 2. The fraction of sp³-hybridized carbons (Fsp3) is 0.312. The van der Waals surface area contributed by atoms with Gasteiger partial charge in [-0.25, -0.2) is 0 Å². The second-order valence-electron chi connectivity index (χ2n) is 4.83. The summed E-state index contributed by atoms with van der Waals surface area (Å²) in [6, 6.07) is 11.9. The number of pyridine rings is 1. The van der Waals surface area contributed by atoms with Crippen LogP contribution in [0.1, 0.15) is 41.3 Å². The molecule has 0 bridgehead atoms. The van der Waals surface area contributed by atoms with Crippen molar-refractivity contribution < 1.29 is 5.11 Å². The van der Waals surface area contributed by atoms with E-state index in [-0.39, 0.29) is 5.92 Å². The highest BCUT2D eigenvalue weighted by Crippen LogP contribution is 2.30. The summed E-state index contributed by atoms with van der Waals surface area (Å²) in [6.07, 6.45) is 1.25. The molecule has 0 saturated carbocycles. The molecule has 1 aromatic heterocycles. The van der Waals surface area contributed by atoms with Crippen LogP contribution in [0, 0.1) is 13.8 Å². The molecule has 1 N–H and O–H groups in total. The molecule has 2 heteroatoms. The van der Waals surface area contributed by atoms with Gasteiger partial charge in [0.05, 0.1) is 6.10 Å². The number of benzene rings is 1. The zero-order valence-corrected chi connectivity index (χ0v) is 11.1. The average Bonchev–Trinajstić information content (AvgIpc) is 2.41. The number of aliphatic hydroxyl groups excluding tert-OH is 1. The van der Waals surface area contributed by atoms with Crippen molar-refractivity contribution >= 4 is 0 Å². The lowest BCUT2D eigenvalue weighted by Crippen LogP contribution is -2.09. The van der Waals surface area contributed by atoms with E-state index in [4.69, 9.17) is 0 Å². The van der Waals surface area contributed by atoms with Crippen molar-refractivity contribution in [1.82, 2.24) is 4.98 Å². The second-order valence-corrected chi connectivity index (χ2v) is 4.83. The van der Waals surface area contributed by atoms with E-state index in [9.17, 15) is 5.11 Å². The van der Waals surface area contributed by atoms with Crippen LogP contribution in [-0.4, -0.2) is 10.1 Å². The Hall–Kier alpha value is -1.67. The van der Waals surface area contributed by atoms with Crippen LogP contribution >= 0.6 is 0 Å². The normalized spacial score (nSPS) is 14.2. The van der Waals surface area contributed by atoms with Crippen molar-refractivity contribution in [2.24, 2.45) is 0 Å². The first-order valence-corrected chi connectivity index (χ1v) is 6.25. The van der Waals surface area contributed by atoms with Crippen LogP contribution in [0.3, 0.4) is 0 Å². The topological polar surface area (TPSA) is 33.1 Å². The Kier molecular flexibility index (Phi) is 3.78. The van der Waals surface area contributed by atoms with Gasteiger partial charge in [-0.2, -0.15) is 0 Å². The maximum Gasteiger partial charge on any atom is 0.0871 e. The fourth-order valence-corrected chi connectivity index (χ4v) is 2.04. The Bertz CT molecular complexity index is 522. The molecule has 2 rings (SSSR count). The average molecular weight is 241 g/mol. The fourth-order valence-electron chi connectivity index (χ4n) is 2.04. The molecule has 94 valence electrons. The lowest BCUT2D eigenvalue weighted by molar-refractivity contribution is 0.150. The van der Waals surface area contributed by atoms with Gasteiger partial charge >= 0.3 is 0 Å². The van der Waals surface area contributed by atoms with Crippen LogP contribution in [0.5, 0.6) is 0 Å². The number of nitrogens with zero attached hydrogens (tertiary/aromatic N) is 1. The summed E-state index contributed by atoms with van der Waals surface area (Å²) >= 11 is 0. The molecule has 0 amide bonds. The molecule has 1 aromatic carbocycles. The SMILES string of the molecule is Cc1ccc(C(O)C(C)c2ccccn2)cc1C. The smallest absolute Gasteiger partial charge is 0.0871 e. The van der Waals surface area contributed by atoms with E-state index in [2.05, 4.69) is 31.0 Å². The molecule has 0 aliphatic rings. The van der Waals surface area contributed by atoms with Crippen LogP contribution in [0.15, 0.2) is 42.6 Å². The van der Waals surface area contributed by atoms with Crippen LogP contribution in [-0.2, 0) is 0 Å². The molecule has 2 unspecified atom stereocenters. The molecule has 1 heterocycles. The zero-order valence-electron chi connectivity index (χ0n) is 11.1. The van der Waals surface area contributed by atoms with Gasteiger partial charge in [-0.3, -0.25) is 4.98 Å². The zero-order chi connectivity index (χ0) is 13.1. The van der Waals surface area contributed by atoms with Gasteiger partial charge in [-0.05, 0) is 42.7 Å². The van der Waals surface area contributed by atoms with Crippen molar-refractivity contribution in [2.75, 3.05) is 0 Å². The van der Waals surface area contributed by atoms with Crippen molar-refractivity contribution in [3.05, 3.63) is 65.0 Å². The van der Waals surface area contributed by atoms with Crippen LogP contribution in [0.25, 0.3) is 0 Å². The Morgan fingerprint density at radius 3 is 2.44 bits per heavy atom.